The van der Waals surface area contributed by atoms with Crippen molar-refractivity contribution in [3.05, 3.63) is 70.8 Å². The van der Waals surface area contributed by atoms with Crippen LogP contribution in [0.2, 0.25) is 0 Å². The lowest BCUT2D eigenvalue weighted by atomic mass is 10.1. The van der Waals surface area contributed by atoms with Gasteiger partial charge in [0.2, 0.25) is 0 Å². The highest BCUT2D eigenvalue weighted by atomic mass is 16.2. The zero-order chi connectivity index (χ0) is 18.0. The molecule has 1 aliphatic heterocycles. The number of aryl methyl sites for hydroxylation is 1. The maximum Gasteiger partial charge on any atom is 0.261 e. The highest BCUT2D eigenvalue weighted by molar-refractivity contribution is 6.21. The highest BCUT2D eigenvalue weighted by Gasteiger charge is 2.34. The fourth-order valence-electron chi connectivity index (χ4n) is 2.93. The first-order valence-electron chi connectivity index (χ1n) is 8.30. The number of carbonyl (C=O) groups excluding carboxylic acids is 3. The van der Waals surface area contributed by atoms with Gasteiger partial charge in [-0.1, -0.05) is 29.8 Å². The molecule has 128 valence electrons. The molecular weight excluding hydrogens is 316 g/mol. The van der Waals surface area contributed by atoms with E-state index in [0.29, 0.717) is 23.1 Å². The number of nitrogens with zero attached hydrogens (tertiary/aromatic N) is 1. The third kappa shape index (κ3) is 3.45. The molecule has 1 atom stereocenters. The van der Waals surface area contributed by atoms with E-state index in [1.807, 2.05) is 32.0 Å². The smallest absolute Gasteiger partial charge is 0.261 e. The fraction of sp³-hybridized carbons (Fsp3) is 0.250. The van der Waals surface area contributed by atoms with Crippen molar-refractivity contribution in [2.45, 2.75) is 26.3 Å². The van der Waals surface area contributed by atoms with E-state index < -0.39 is 0 Å². The number of carbonyl (C=O) groups is 3. The summed E-state index contributed by atoms with van der Waals surface area (Å²) in [5.74, 6) is -0.686. The molecular formula is C20H20N2O3. The number of benzene rings is 2. The molecule has 3 amide bonds. The third-order valence-electron chi connectivity index (χ3n) is 4.32. The van der Waals surface area contributed by atoms with E-state index in [1.54, 1.807) is 30.3 Å². The third-order valence-corrected chi connectivity index (χ3v) is 4.32. The normalized spacial score (nSPS) is 14.4. The minimum absolute atomic E-state index is 0.154. The SMILES string of the molecule is Cc1cccc(C(=O)NC(C)CCN2C(=O)c3ccccc3C2=O)c1. The summed E-state index contributed by atoms with van der Waals surface area (Å²) in [4.78, 5) is 38.1. The number of nitrogens with one attached hydrogen (secondary N) is 1. The van der Waals surface area contributed by atoms with Gasteiger partial charge in [0.25, 0.3) is 17.7 Å². The van der Waals surface area contributed by atoms with Crippen LogP contribution in [0.1, 0.15) is 50.0 Å². The largest absolute Gasteiger partial charge is 0.350 e. The quantitative estimate of drug-likeness (QED) is 0.854. The van der Waals surface area contributed by atoms with Gasteiger partial charge in [-0.3, -0.25) is 19.3 Å². The number of rotatable bonds is 5. The van der Waals surface area contributed by atoms with Gasteiger partial charge in [-0.05, 0) is 44.5 Å². The van der Waals surface area contributed by atoms with Crippen LogP contribution in [0.5, 0.6) is 0 Å². The molecule has 5 nitrogen and oxygen atoms in total. The fourth-order valence-corrected chi connectivity index (χ4v) is 2.93. The summed E-state index contributed by atoms with van der Waals surface area (Å²) in [6.07, 6.45) is 0.503. The average molecular weight is 336 g/mol. The summed E-state index contributed by atoms with van der Waals surface area (Å²) in [6, 6.07) is 14.0. The number of hydrogen-bond acceptors (Lipinski definition) is 3. The molecule has 1 N–H and O–H groups in total. The zero-order valence-corrected chi connectivity index (χ0v) is 14.3. The molecule has 0 aromatic heterocycles. The maximum absolute atomic E-state index is 12.3. The van der Waals surface area contributed by atoms with Crippen molar-refractivity contribution in [3.8, 4) is 0 Å². The van der Waals surface area contributed by atoms with Gasteiger partial charge in [0, 0.05) is 18.2 Å². The molecule has 2 aromatic carbocycles. The van der Waals surface area contributed by atoms with Crippen LogP contribution in [0.25, 0.3) is 0 Å². The van der Waals surface area contributed by atoms with Crippen LogP contribution in [0, 0.1) is 6.92 Å². The number of imide groups is 1. The molecule has 1 unspecified atom stereocenters. The Kier molecular flexibility index (Phi) is 4.65. The maximum atomic E-state index is 12.3. The Balaban J connectivity index is 1.58. The molecule has 5 heteroatoms. The van der Waals surface area contributed by atoms with Crippen molar-refractivity contribution >= 4 is 17.7 Å². The van der Waals surface area contributed by atoms with Crippen molar-refractivity contribution in [2.24, 2.45) is 0 Å². The van der Waals surface area contributed by atoms with Crippen LogP contribution < -0.4 is 5.32 Å². The standard InChI is InChI=1S/C20H20N2O3/c1-13-6-5-7-15(12-13)18(23)21-14(2)10-11-22-19(24)16-8-3-4-9-17(16)20(22)25/h3-9,12,14H,10-11H2,1-2H3,(H,21,23). The number of amides is 3. The Hall–Kier alpha value is -2.95. The lowest BCUT2D eigenvalue weighted by molar-refractivity contribution is 0.0649. The molecule has 2 aromatic rings. The van der Waals surface area contributed by atoms with Gasteiger partial charge >= 0.3 is 0 Å². The van der Waals surface area contributed by atoms with Crippen molar-refractivity contribution in [2.75, 3.05) is 6.54 Å². The predicted octanol–water partition coefficient (Wildman–Crippen LogP) is 2.80. The lowest BCUT2D eigenvalue weighted by Gasteiger charge is -2.18. The van der Waals surface area contributed by atoms with E-state index >= 15 is 0 Å². The summed E-state index contributed by atoms with van der Waals surface area (Å²) >= 11 is 0. The first-order chi connectivity index (χ1) is 12.0. The highest BCUT2D eigenvalue weighted by Crippen LogP contribution is 2.22. The topological polar surface area (TPSA) is 66.5 Å². The van der Waals surface area contributed by atoms with Gasteiger partial charge in [-0.25, -0.2) is 0 Å². The summed E-state index contributed by atoms with van der Waals surface area (Å²) in [7, 11) is 0. The van der Waals surface area contributed by atoms with E-state index in [2.05, 4.69) is 5.32 Å². The lowest BCUT2D eigenvalue weighted by Crippen LogP contribution is -2.38. The second-order valence-corrected chi connectivity index (χ2v) is 6.34. The Morgan fingerprint density at radius 2 is 1.68 bits per heavy atom. The summed E-state index contributed by atoms with van der Waals surface area (Å²) in [6.45, 7) is 4.08. The van der Waals surface area contributed by atoms with Crippen molar-refractivity contribution in [3.63, 3.8) is 0 Å². The van der Waals surface area contributed by atoms with Gasteiger partial charge in [0.1, 0.15) is 0 Å². The van der Waals surface area contributed by atoms with E-state index in [1.165, 1.54) is 4.90 Å². The van der Waals surface area contributed by atoms with Crippen molar-refractivity contribution < 1.29 is 14.4 Å². The Bertz CT molecular complexity index is 809. The summed E-state index contributed by atoms with van der Waals surface area (Å²) < 4.78 is 0. The molecule has 25 heavy (non-hydrogen) atoms. The van der Waals surface area contributed by atoms with Crippen molar-refractivity contribution in [1.82, 2.24) is 10.2 Å². The van der Waals surface area contributed by atoms with Gasteiger partial charge < -0.3 is 5.32 Å². The molecule has 0 bridgehead atoms. The van der Waals surface area contributed by atoms with Crippen LogP contribution in [0.3, 0.4) is 0 Å². The summed E-state index contributed by atoms with van der Waals surface area (Å²) in [5, 5.41) is 2.91. The van der Waals surface area contributed by atoms with E-state index in [9.17, 15) is 14.4 Å². The van der Waals surface area contributed by atoms with E-state index in [-0.39, 0.29) is 30.3 Å². The number of hydrogen-bond donors (Lipinski definition) is 1. The molecule has 0 aliphatic carbocycles. The molecule has 0 saturated heterocycles. The van der Waals surface area contributed by atoms with Crippen LogP contribution in [0.4, 0.5) is 0 Å². The average Bonchev–Trinajstić information content (AvgIpc) is 2.84. The monoisotopic (exact) mass is 336 g/mol. The van der Waals surface area contributed by atoms with Gasteiger partial charge in [0.05, 0.1) is 11.1 Å². The van der Waals surface area contributed by atoms with Crippen LogP contribution >= 0.6 is 0 Å². The molecule has 0 fully saturated rings. The Labute approximate surface area is 146 Å². The molecule has 1 heterocycles. The Morgan fingerprint density at radius 1 is 1.04 bits per heavy atom. The first-order valence-corrected chi connectivity index (χ1v) is 8.30. The van der Waals surface area contributed by atoms with E-state index in [0.717, 1.165) is 5.56 Å². The second-order valence-electron chi connectivity index (χ2n) is 6.34. The molecule has 0 radical (unpaired) electrons. The molecule has 1 aliphatic rings. The summed E-state index contributed by atoms with van der Waals surface area (Å²) in [5.41, 5.74) is 2.52. The second kappa shape index (κ2) is 6.89. The molecule has 0 saturated carbocycles. The van der Waals surface area contributed by atoms with Crippen molar-refractivity contribution in [1.29, 1.82) is 0 Å². The molecule has 0 spiro atoms. The zero-order valence-electron chi connectivity index (χ0n) is 14.3. The van der Waals surface area contributed by atoms with E-state index in [4.69, 9.17) is 0 Å². The van der Waals surface area contributed by atoms with Crippen LogP contribution in [0.15, 0.2) is 48.5 Å². The predicted molar refractivity (Wildman–Crippen MR) is 94.5 cm³/mol. The minimum Gasteiger partial charge on any atom is -0.350 e. The Morgan fingerprint density at radius 3 is 2.28 bits per heavy atom. The first kappa shape index (κ1) is 16.9. The van der Waals surface area contributed by atoms with Crippen LogP contribution in [-0.2, 0) is 0 Å². The van der Waals surface area contributed by atoms with Gasteiger partial charge in [0.15, 0.2) is 0 Å². The van der Waals surface area contributed by atoms with Gasteiger partial charge in [-0.15, -0.1) is 0 Å². The molecule has 3 rings (SSSR count). The van der Waals surface area contributed by atoms with Gasteiger partial charge in [-0.2, -0.15) is 0 Å². The minimum atomic E-state index is -0.266. The number of fused-ring (bicyclic) bond motifs is 1. The van der Waals surface area contributed by atoms with Crippen LogP contribution in [-0.4, -0.2) is 35.2 Å².